The van der Waals surface area contributed by atoms with E-state index >= 15 is 0 Å². The number of aromatic nitrogens is 1. The zero-order chi connectivity index (χ0) is 13.2. The SMILES string of the molecule is CC(CCc1ccco1)n1ccc2c1CCCC2O. The molecule has 2 atom stereocenters. The Morgan fingerprint density at radius 1 is 1.47 bits per heavy atom. The molecule has 0 fully saturated rings. The molecule has 102 valence electrons. The number of hydrogen-bond donors (Lipinski definition) is 1. The van der Waals surface area contributed by atoms with Gasteiger partial charge in [0.2, 0.25) is 0 Å². The van der Waals surface area contributed by atoms with Gasteiger partial charge in [-0.2, -0.15) is 0 Å². The molecule has 0 saturated carbocycles. The van der Waals surface area contributed by atoms with Crippen LogP contribution in [-0.2, 0) is 12.8 Å². The fourth-order valence-corrected chi connectivity index (χ4v) is 3.05. The fraction of sp³-hybridized carbons (Fsp3) is 0.500. The zero-order valence-corrected chi connectivity index (χ0v) is 11.4. The number of nitrogens with zero attached hydrogens (tertiary/aromatic N) is 1. The highest BCUT2D eigenvalue weighted by atomic mass is 16.3. The van der Waals surface area contributed by atoms with Gasteiger partial charge in [0.05, 0.1) is 12.4 Å². The summed E-state index contributed by atoms with van der Waals surface area (Å²) in [5.41, 5.74) is 2.46. The van der Waals surface area contributed by atoms with Crippen molar-refractivity contribution in [2.24, 2.45) is 0 Å². The molecule has 19 heavy (non-hydrogen) atoms. The molecule has 0 aliphatic heterocycles. The van der Waals surface area contributed by atoms with Crippen molar-refractivity contribution in [1.29, 1.82) is 0 Å². The third-order valence-electron chi connectivity index (χ3n) is 4.17. The van der Waals surface area contributed by atoms with Crippen LogP contribution < -0.4 is 0 Å². The Morgan fingerprint density at radius 3 is 3.16 bits per heavy atom. The third kappa shape index (κ3) is 2.47. The van der Waals surface area contributed by atoms with Gasteiger partial charge in [0, 0.05) is 29.9 Å². The molecule has 0 radical (unpaired) electrons. The molecule has 2 aromatic rings. The summed E-state index contributed by atoms with van der Waals surface area (Å²) in [6.07, 6.45) is 8.70. The van der Waals surface area contributed by atoms with Gasteiger partial charge in [-0.05, 0) is 50.8 Å². The molecule has 2 heterocycles. The van der Waals surface area contributed by atoms with E-state index in [2.05, 4.69) is 23.8 Å². The van der Waals surface area contributed by atoms with E-state index in [4.69, 9.17) is 4.42 Å². The Kier molecular flexibility index (Phi) is 3.47. The van der Waals surface area contributed by atoms with Crippen LogP contribution in [-0.4, -0.2) is 9.67 Å². The summed E-state index contributed by atoms with van der Waals surface area (Å²) < 4.78 is 7.72. The highest BCUT2D eigenvalue weighted by Crippen LogP contribution is 2.32. The minimum absolute atomic E-state index is 0.262. The highest BCUT2D eigenvalue weighted by molar-refractivity contribution is 5.27. The minimum Gasteiger partial charge on any atom is -0.469 e. The Bertz CT molecular complexity index is 527. The lowest BCUT2D eigenvalue weighted by Crippen LogP contribution is -2.14. The summed E-state index contributed by atoms with van der Waals surface area (Å²) in [6, 6.07) is 6.50. The summed E-state index contributed by atoms with van der Waals surface area (Å²) >= 11 is 0. The van der Waals surface area contributed by atoms with Gasteiger partial charge in [0.15, 0.2) is 0 Å². The molecule has 1 aliphatic rings. The van der Waals surface area contributed by atoms with Gasteiger partial charge in [-0.3, -0.25) is 0 Å². The van der Waals surface area contributed by atoms with Crippen LogP contribution in [0.1, 0.15) is 55.3 Å². The Labute approximate surface area is 113 Å². The van der Waals surface area contributed by atoms with Crippen molar-refractivity contribution in [2.45, 2.75) is 51.2 Å². The topological polar surface area (TPSA) is 38.3 Å². The van der Waals surface area contributed by atoms with Crippen molar-refractivity contribution in [3.8, 4) is 0 Å². The van der Waals surface area contributed by atoms with Crippen LogP contribution in [0.4, 0.5) is 0 Å². The average molecular weight is 259 g/mol. The van der Waals surface area contributed by atoms with Crippen LogP contribution in [0.25, 0.3) is 0 Å². The normalized spacial score (nSPS) is 20.2. The van der Waals surface area contributed by atoms with E-state index in [0.29, 0.717) is 6.04 Å². The quantitative estimate of drug-likeness (QED) is 0.910. The molecular formula is C16H21NO2. The van der Waals surface area contributed by atoms with Gasteiger partial charge in [-0.25, -0.2) is 0 Å². The standard InChI is InChI=1S/C16H21NO2/c1-12(7-8-13-4-3-11-19-13)17-10-9-14-15(17)5-2-6-16(14)18/h3-4,9-12,16,18H,2,5-8H2,1H3. The van der Waals surface area contributed by atoms with E-state index in [1.54, 1.807) is 6.26 Å². The number of aryl methyl sites for hydroxylation is 1. The molecule has 0 saturated heterocycles. The lowest BCUT2D eigenvalue weighted by atomic mass is 9.95. The molecule has 0 spiro atoms. The highest BCUT2D eigenvalue weighted by Gasteiger charge is 2.22. The van der Waals surface area contributed by atoms with E-state index < -0.39 is 0 Å². The summed E-state index contributed by atoms with van der Waals surface area (Å²) in [4.78, 5) is 0. The van der Waals surface area contributed by atoms with Crippen LogP contribution >= 0.6 is 0 Å². The maximum Gasteiger partial charge on any atom is 0.103 e. The van der Waals surface area contributed by atoms with Crippen molar-refractivity contribution in [2.75, 3.05) is 0 Å². The number of furan rings is 1. The Balaban J connectivity index is 1.71. The Hall–Kier alpha value is -1.48. The van der Waals surface area contributed by atoms with Gasteiger partial charge in [-0.15, -0.1) is 0 Å². The number of rotatable bonds is 4. The molecule has 3 rings (SSSR count). The van der Waals surface area contributed by atoms with Crippen LogP contribution in [0, 0.1) is 0 Å². The van der Waals surface area contributed by atoms with Crippen molar-refractivity contribution < 1.29 is 9.52 Å². The van der Waals surface area contributed by atoms with Crippen LogP contribution in [0.3, 0.4) is 0 Å². The second kappa shape index (κ2) is 5.25. The lowest BCUT2D eigenvalue weighted by molar-refractivity contribution is 0.155. The first-order valence-electron chi connectivity index (χ1n) is 7.16. The first-order chi connectivity index (χ1) is 9.25. The number of aliphatic hydroxyl groups is 1. The Morgan fingerprint density at radius 2 is 2.37 bits per heavy atom. The van der Waals surface area contributed by atoms with Gasteiger partial charge in [-0.1, -0.05) is 0 Å². The largest absolute Gasteiger partial charge is 0.469 e. The molecular weight excluding hydrogens is 238 g/mol. The molecule has 2 unspecified atom stereocenters. The van der Waals surface area contributed by atoms with Gasteiger partial charge in [0.1, 0.15) is 5.76 Å². The number of hydrogen-bond acceptors (Lipinski definition) is 2. The maximum atomic E-state index is 10.0. The molecule has 0 bridgehead atoms. The summed E-state index contributed by atoms with van der Waals surface area (Å²) in [5.74, 6) is 1.05. The first-order valence-corrected chi connectivity index (χ1v) is 7.16. The molecule has 0 amide bonds. The predicted octanol–water partition coefficient (Wildman–Crippen LogP) is 3.64. The van der Waals surface area contributed by atoms with Crippen molar-refractivity contribution in [3.63, 3.8) is 0 Å². The molecule has 3 heteroatoms. The maximum absolute atomic E-state index is 10.0. The van der Waals surface area contributed by atoms with Gasteiger partial charge < -0.3 is 14.1 Å². The lowest BCUT2D eigenvalue weighted by Gasteiger charge is -2.23. The number of fused-ring (bicyclic) bond motifs is 1. The monoisotopic (exact) mass is 259 g/mol. The minimum atomic E-state index is -0.262. The zero-order valence-electron chi connectivity index (χ0n) is 11.4. The van der Waals surface area contributed by atoms with E-state index in [1.165, 1.54) is 5.69 Å². The molecule has 2 aromatic heterocycles. The van der Waals surface area contributed by atoms with Crippen LogP contribution in [0.15, 0.2) is 35.1 Å². The van der Waals surface area contributed by atoms with E-state index in [1.807, 2.05) is 12.1 Å². The second-order valence-electron chi connectivity index (χ2n) is 5.50. The summed E-state index contributed by atoms with van der Waals surface area (Å²) in [6.45, 7) is 2.24. The van der Waals surface area contributed by atoms with Crippen molar-refractivity contribution in [1.82, 2.24) is 4.57 Å². The number of aliphatic hydroxyl groups excluding tert-OH is 1. The van der Waals surface area contributed by atoms with Gasteiger partial charge >= 0.3 is 0 Å². The third-order valence-corrected chi connectivity index (χ3v) is 4.17. The van der Waals surface area contributed by atoms with Crippen LogP contribution in [0.5, 0.6) is 0 Å². The summed E-state index contributed by atoms with van der Waals surface area (Å²) in [5, 5.41) is 10.0. The molecule has 0 aromatic carbocycles. The predicted molar refractivity (Wildman–Crippen MR) is 74.1 cm³/mol. The van der Waals surface area contributed by atoms with Crippen molar-refractivity contribution in [3.05, 3.63) is 47.7 Å². The van der Waals surface area contributed by atoms with E-state index in [9.17, 15) is 5.11 Å². The van der Waals surface area contributed by atoms with Crippen LogP contribution in [0.2, 0.25) is 0 Å². The fourth-order valence-electron chi connectivity index (χ4n) is 3.05. The molecule has 1 aliphatic carbocycles. The van der Waals surface area contributed by atoms with E-state index in [-0.39, 0.29) is 6.10 Å². The second-order valence-corrected chi connectivity index (χ2v) is 5.50. The average Bonchev–Trinajstić information content (AvgIpc) is 3.06. The molecule has 1 N–H and O–H groups in total. The van der Waals surface area contributed by atoms with Crippen molar-refractivity contribution >= 4 is 0 Å². The first kappa shape index (κ1) is 12.5. The smallest absolute Gasteiger partial charge is 0.103 e. The molecule has 3 nitrogen and oxygen atoms in total. The van der Waals surface area contributed by atoms with E-state index in [0.717, 1.165) is 43.4 Å². The summed E-state index contributed by atoms with van der Waals surface area (Å²) in [7, 11) is 0. The van der Waals surface area contributed by atoms with Gasteiger partial charge in [0.25, 0.3) is 0 Å².